The normalized spacial score (nSPS) is 13.4. The third-order valence-corrected chi connectivity index (χ3v) is 2.14. The van der Waals surface area contributed by atoms with Crippen LogP contribution in [0.15, 0.2) is 6.07 Å². The molecule has 0 saturated carbocycles. The fourth-order valence-electron chi connectivity index (χ4n) is 1.32. The van der Waals surface area contributed by atoms with Crippen LogP contribution in [0.3, 0.4) is 0 Å². The molecule has 102 valence electrons. The Morgan fingerprint density at radius 1 is 1.44 bits per heavy atom. The number of aliphatic hydroxyl groups excluding tert-OH is 1. The first kappa shape index (κ1) is 14.5. The van der Waals surface area contributed by atoms with Crippen LogP contribution in [0, 0.1) is 0 Å². The summed E-state index contributed by atoms with van der Waals surface area (Å²) in [6.07, 6.45) is -3.82. The van der Waals surface area contributed by atoms with Crippen LogP contribution in [0.25, 0.3) is 0 Å². The van der Waals surface area contributed by atoms with E-state index >= 15 is 0 Å². The SMILES string of the molecule is CC(O)CCCNc1cc(C(F)(F)F)nc(N)n1. The average molecular weight is 264 g/mol. The largest absolute Gasteiger partial charge is 0.433 e. The van der Waals surface area contributed by atoms with Crippen LogP contribution in [0.2, 0.25) is 0 Å². The van der Waals surface area contributed by atoms with Crippen molar-refractivity contribution >= 4 is 11.8 Å². The summed E-state index contributed by atoms with van der Waals surface area (Å²) >= 11 is 0. The summed E-state index contributed by atoms with van der Waals surface area (Å²) < 4.78 is 37.3. The number of anilines is 2. The summed E-state index contributed by atoms with van der Waals surface area (Å²) in [6.45, 7) is 2.04. The lowest BCUT2D eigenvalue weighted by Gasteiger charge is -2.10. The topological polar surface area (TPSA) is 84.1 Å². The number of nitrogen functional groups attached to an aromatic ring is 1. The molecular formula is C10H15F3N4O. The monoisotopic (exact) mass is 264 g/mol. The van der Waals surface area contributed by atoms with Crippen molar-refractivity contribution in [2.24, 2.45) is 0 Å². The molecule has 8 heteroatoms. The molecule has 1 rings (SSSR count). The minimum absolute atomic E-state index is 0.0282. The third kappa shape index (κ3) is 4.74. The second-order valence-electron chi connectivity index (χ2n) is 3.91. The van der Waals surface area contributed by atoms with Crippen LogP contribution in [-0.2, 0) is 6.18 Å². The minimum Gasteiger partial charge on any atom is -0.393 e. The molecule has 1 aromatic rings. The molecule has 0 radical (unpaired) electrons. The van der Waals surface area contributed by atoms with E-state index in [9.17, 15) is 13.2 Å². The number of halogens is 3. The zero-order chi connectivity index (χ0) is 13.8. The van der Waals surface area contributed by atoms with Crippen LogP contribution in [-0.4, -0.2) is 27.7 Å². The Kier molecular flexibility index (Phi) is 4.71. The Labute approximate surface area is 102 Å². The van der Waals surface area contributed by atoms with Gasteiger partial charge in [-0.1, -0.05) is 0 Å². The molecular weight excluding hydrogens is 249 g/mol. The van der Waals surface area contributed by atoms with Crippen molar-refractivity contribution in [2.75, 3.05) is 17.6 Å². The predicted octanol–water partition coefficient (Wildman–Crippen LogP) is 1.65. The molecule has 0 aromatic carbocycles. The molecule has 1 unspecified atom stereocenters. The Morgan fingerprint density at radius 3 is 2.67 bits per heavy atom. The Hall–Kier alpha value is -1.57. The van der Waals surface area contributed by atoms with E-state index in [2.05, 4.69) is 15.3 Å². The first-order valence-corrected chi connectivity index (χ1v) is 5.42. The van der Waals surface area contributed by atoms with E-state index in [0.717, 1.165) is 6.07 Å². The molecule has 5 nitrogen and oxygen atoms in total. The van der Waals surface area contributed by atoms with E-state index < -0.39 is 23.9 Å². The van der Waals surface area contributed by atoms with Crippen molar-refractivity contribution < 1.29 is 18.3 Å². The molecule has 1 atom stereocenters. The number of aromatic nitrogens is 2. The van der Waals surface area contributed by atoms with Crippen molar-refractivity contribution in [1.82, 2.24) is 9.97 Å². The second-order valence-corrected chi connectivity index (χ2v) is 3.91. The lowest BCUT2D eigenvalue weighted by molar-refractivity contribution is -0.141. The molecule has 0 bridgehead atoms. The summed E-state index contributed by atoms with van der Waals surface area (Å²) in [4.78, 5) is 6.78. The number of aliphatic hydroxyl groups is 1. The van der Waals surface area contributed by atoms with Crippen molar-refractivity contribution in [2.45, 2.75) is 32.0 Å². The number of rotatable bonds is 5. The molecule has 0 fully saturated rings. The van der Waals surface area contributed by atoms with Gasteiger partial charge in [-0.05, 0) is 19.8 Å². The minimum atomic E-state index is -4.55. The maximum absolute atomic E-state index is 12.4. The highest BCUT2D eigenvalue weighted by Gasteiger charge is 2.33. The Morgan fingerprint density at radius 2 is 2.11 bits per heavy atom. The lowest BCUT2D eigenvalue weighted by Crippen LogP contribution is -2.14. The molecule has 0 amide bonds. The van der Waals surface area contributed by atoms with Crippen LogP contribution in [0.4, 0.5) is 24.9 Å². The summed E-state index contributed by atoms with van der Waals surface area (Å²) in [5.41, 5.74) is 4.13. The van der Waals surface area contributed by atoms with Gasteiger partial charge in [-0.2, -0.15) is 18.2 Å². The molecule has 0 aliphatic rings. The number of hydrogen-bond acceptors (Lipinski definition) is 5. The van der Waals surface area contributed by atoms with Gasteiger partial charge in [0.2, 0.25) is 5.95 Å². The van der Waals surface area contributed by atoms with E-state index in [0.29, 0.717) is 19.4 Å². The second kappa shape index (κ2) is 5.85. The third-order valence-electron chi connectivity index (χ3n) is 2.14. The van der Waals surface area contributed by atoms with Crippen LogP contribution < -0.4 is 11.1 Å². The molecule has 4 N–H and O–H groups in total. The van der Waals surface area contributed by atoms with Crippen molar-refractivity contribution in [3.63, 3.8) is 0 Å². The Balaban J connectivity index is 2.63. The zero-order valence-electron chi connectivity index (χ0n) is 9.83. The first-order chi connectivity index (χ1) is 8.29. The van der Waals surface area contributed by atoms with E-state index in [-0.39, 0.29) is 5.82 Å². The van der Waals surface area contributed by atoms with E-state index in [4.69, 9.17) is 10.8 Å². The number of alkyl halides is 3. The number of nitrogens with zero attached hydrogens (tertiary/aromatic N) is 2. The van der Waals surface area contributed by atoms with Gasteiger partial charge in [0.25, 0.3) is 0 Å². The van der Waals surface area contributed by atoms with Gasteiger partial charge in [-0.15, -0.1) is 0 Å². The quantitative estimate of drug-likeness (QED) is 0.704. The summed E-state index contributed by atoms with van der Waals surface area (Å²) in [7, 11) is 0. The molecule has 18 heavy (non-hydrogen) atoms. The lowest BCUT2D eigenvalue weighted by atomic mass is 10.2. The average Bonchev–Trinajstić information content (AvgIpc) is 2.22. The summed E-state index contributed by atoms with van der Waals surface area (Å²) in [5.74, 6) is -0.400. The van der Waals surface area contributed by atoms with Gasteiger partial charge in [-0.25, -0.2) is 4.98 Å². The number of hydrogen-bond donors (Lipinski definition) is 3. The summed E-state index contributed by atoms with van der Waals surface area (Å²) in [6, 6.07) is 0.804. The predicted molar refractivity (Wildman–Crippen MR) is 60.9 cm³/mol. The highest BCUT2D eigenvalue weighted by Crippen LogP contribution is 2.29. The van der Waals surface area contributed by atoms with Gasteiger partial charge < -0.3 is 16.2 Å². The molecule has 1 heterocycles. The van der Waals surface area contributed by atoms with Crippen LogP contribution in [0.5, 0.6) is 0 Å². The summed E-state index contributed by atoms with van der Waals surface area (Å²) in [5, 5.41) is 11.7. The zero-order valence-corrected chi connectivity index (χ0v) is 9.83. The van der Waals surface area contributed by atoms with Crippen molar-refractivity contribution in [1.29, 1.82) is 0 Å². The first-order valence-electron chi connectivity index (χ1n) is 5.42. The van der Waals surface area contributed by atoms with E-state index in [1.165, 1.54) is 0 Å². The number of nitrogens with one attached hydrogen (secondary N) is 1. The highest BCUT2D eigenvalue weighted by atomic mass is 19.4. The molecule has 0 aliphatic heterocycles. The van der Waals surface area contributed by atoms with E-state index in [1.807, 2.05) is 0 Å². The number of nitrogens with two attached hydrogens (primary N) is 1. The molecule has 0 saturated heterocycles. The van der Waals surface area contributed by atoms with Crippen LogP contribution >= 0.6 is 0 Å². The van der Waals surface area contributed by atoms with Gasteiger partial charge in [0.1, 0.15) is 5.82 Å². The van der Waals surface area contributed by atoms with E-state index in [1.54, 1.807) is 6.92 Å². The maximum atomic E-state index is 12.4. The maximum Gasteiger partial charge on any atom is 0.433 e. The standard InChI is InChI=1S/C10H15F3N4O/c1-6(18)3-2-4-15-8-5-7(10(11,12)13)16-9(14)17-8/h5-6,18H,2-4H2,1H3,(H3,14,15,16,17). The van der Waals surface area contributed by atoms with Gasteiger partial charge in [0, 0.05) is 12.6 Å². The molecule has 1 aromatic heterocycles. The molecule has 0 aliphatic carbocycles. The van der Waals surface area contributed by atoms with Gasteiger partial charge in [0.05, 0.1) is 6.10 Å². The fraction of sp³-hybridized carbons (Fsp3) is 0.600. The van der Waals surface area contributed by atoms with Gasteiger partial charge in [0.15, 0.2) is 5.69 Å². The van der Waals surface area contributed by atoms with Gasteiger partial charge >= 0.3 is 6.18 Å². The molecule has 0 spiro atoms. The van der Waals surface area contributed by atoms with Crippen LogP contribution in [0.1, 0.15) is 25.5 Å². The van der Waals surface area contributed by atoms with Crippen molar-refractivity contribution in [3.05, 3.63) is 11.8 Å². The Bertz CT molecular complexity index is 395. The smallest absolute Gasteiger partial charge is 0.393 e. The fourth-order valence-corrected chi connectivity index (χ4v) is 1.32. The van der Waals surface area contributed by atoms with Crippen molar-refractivity contribution in [3.8, 4) is 0 Å². The highest BCUT2D eigenvalue weighted by molar-refractivity contribution is 5.41. The van der Waals surface area contributed by atoms with Gasteiger partial charge in [-0.3, -0.25) is 0 Å².